The van der Waals surface area contributed by atoms with E-state index in [0.717, 1.165) is 36.3 Å². The smallest absolute Gasteiger partial charge is 0.304 e. The molecule has 1 atom stereocenters. The van der Waals surface area contributed by atoms with Gasteiger partial charge in [-0.15, -0.1) is 0 Å². The van der Waals surface area contributed by atoms with Crippen LogP contribution in [0.5, 0.6) is 0 Å². The van der Waals surface area contributed by atoms with E-state index in [9.17, 15) is 14.7 Å². The minimum absolute atomic E-state index is 0.0482. The van der Waals surface area contributed by atoms with Crippen LogP contribution in [0.25, 0.3) is 0 Å². The van der Waals surface area contributed by atoms with Gasteiger partial charge in [0, 0.05) is 24.8 Å². The summed E-state index contributed by atoms with van der Waals surface area (Å²) in [5.74, 6) is -1.05. The highest BCUT2D eigenvalue weighted by Crippen LogP contribution is 2.40. The summed E-state index contributed by atoms with van der Waals surface area (Å²) in [4.78, 5) is 26.9. The highest BCUT2D eigenvalue weighted by Gasteiger charge is 2.46. The second kappa shape index (κ2) is 7.06. The van der Waals surface area contributed by atoms with Gasteiger partial charge in [0.1, 0.15) is 0 Å². The summed E-state index contributed by atoms with van der Waals surface area (Å²) >= 11 is 0. The van der Waals surface area contributed by atoms with Crippen LogP contribution in [0.4, 0.5) is 5.69 Å². The van der Waals surface area contributed by atoms with E-state index in [1.165, 1.54) is 0 Å². The molecule has 1 heterocycles. The van der Waals surface area contributed by atoms with Crippen LogP contribution in [-0.4, -0.2) is 36.1 Å². The summed E-state index contributed by atoms with van der Waals surface area (Å²) < 4.78 is 0. The second-order valence-corrected chi connectivity index (χ2v) is 7.71. The number of hydrogen-bond acceptors (Lipinski definition) is 3. The minimum atomic E-state index is -0.921. The first kappa shape index (κ1) is 17.6. The van der Waals surface area contributed by atoms with Crippen LogP contribution in [0.3, 0.4) is 0 Å². The molecule has 0 saturated carbocycles. The van der Waals surface area contributed by atoms with Crippen molar-refractivity contribution in [2.45, 2.75) is 31.7 Å². The number of aliphatic carboxylic acids is 1. The molecule has 5 heteroatoms. The molecule has 0 unspecified atom stereocenters. The number of anilines is 1. The van der Waals surface area contributed by atoms with Crippen LogP contribution in [0.2, 0.25) is 0 Å². The first-order valence-corrected chi connectivity index (χ1v) is 9.45. The number of carboxylic acid groups (broad SMARTS) is 1. The zero-order chi connectivity index (χ0) is 18.9. The lowest BCUT2D eigenvalue weighted by Gasteiger charge is -2.28. The topological polar surface area (TPSA) is 69.6 Å². The van der Waals surface area contributed by atoms with Crippen LogP contribution in [-0.2, 0) is 22.4 Å². The third-order valence-electron chi connectivity index (χ3n) is 5.79. The van der Waals surface area contributed by atoms with Crippen molar-refractivity contribution in [3.63, 3.8) is 0 Å². The van der Waals surface area contributed by atoms with Gasteiger partial charge in [-0.25, -0.2) is 0 Å². The molecule has 1 amide bonds. The molecule has 1 saturated heterocycles. The molecule has 1 fully saturated rings. The van der Waals surface area contributed by atoms with E-state index in [4.69, 9.17) is 0 Å². The number of hydrogen-bond donors (Lipinski definition) is 2. The van der Waals surface area contributed by atoms with Gasteiger partial charge in [-0.1, -0.05) is 42.5 Å². The Morgan fingerprint density at radius 3 is 2.30 bits per heavy atom. The molecule has 2 aliphatic rings. The molecule has 5 nitrogen and oxygen atoms in total. The third kappa shape index (κ3) is 3.54. The average Bonchev–Trinajstić information content (AvgIpc) is 3.26. The lowest BCUT2D eigenvalue weighted by Crippen LogP contribution is -2.48. The van der Waals surface area contributed by atoms with Gasteiger partial charge < -0.3 is 15.3 Å². The molecule has 1 aliphatic carbocycles. The molecule has 27 heavy (non-hydrogen) atoms. The molecule has 0 bridgehead atoms. The summed E-state index contributed by atoms with van der Waals surface area (Å²) in [5.41, 5.74) is 2.45. The Morgan fingerprint density at radius 1 is 1.04 bits per heavy atom. The second-order valence-electron chi connectivity index (χ2n) is 7.71. The molecule has 1 aliphatic heterocycles. The van der Waals surface area contributed by atoms with Gasteiger partial charge in [-0.3, -0.25) is 9.59 Å². The first-order chi connectivity index (χ1) is 13.1. The van der Waals surface area contributed by atoms with E-state index in [-0.39, 0.29) is 18.4 Å². The van der Waals surface area contributed by atoms with E-state index in [1.807, 2.05) is 42.5 Å². The van der Waals surface area contributed by atoms with Gasteiger partial charge in [-0.2, -0.15) is 0 Å². The normalized spacial score (nSPS) is 20.3. The fourth-order valence-corrected chi connectivity index (χ4v) is 4.44. The maximum Gasteiger partial charge on any atom is 0.304 e. The molecular weight excluding hydrogens is 340 g/mol. The number of carboxylic acids is 1. The van der Waals surface area contributed by atoms with Gasteiger partial charge in [0.2, 0.25) is 5.91 Å². The number of amides is 1. The van der Waals surface area contributed by atoms with Crippen LogP contribution in [0.15, 0.2) is 54.6 Å². The largest absolute Gasteiger partial charge is 0.481 e. The van der Waals surface area contributed by atoms with Gasteiger partial charge >= 0.3 is 5.97 Å². The molecule has 2 aromatic rings. The summed E-state index contributed by atoms with van der Waals surface area (Å²) in [6.07, 6.45) is 1.73. The van der Waals surface area contributed by atoms with Crippen LogP contribution in [0.1, 0.15) is 24.0 Å². The molecule has 140 valence electrons. The average molecular weight is 364 g/mol. The molecule has 4 rings (SSSR count). The first-order valence-electron chi connectivity index (χ1n) is 9.45. The van der Waals surface area contributed by atoms with Crippen molar-refractivity contribution in [1.82, 2.24) is 5.32 Å². The van der Waals surface area contributed by atoms with Crippen LogP contribution < -0.4 is 10.2 Å². The van der Waals surface area contributed by atoms with Gasteiger partial charge in [0.15, 0.2) is 0 Å². The lowest BCUT2D eigenvalue weighted by molar-refractivity contribution is -0.145. The van der Waals surface area contributed by atoms with Crippen molar-refractivity contribution in [2.75, 3.05) is 18.0 Å². The quantitative estimate of drug-likeness (QED) is 0.856. The maximum atomic E-state index is 13.2. The summed E-state index contributed by atoms with van der Waals surface area (Å²) in [6, 6.07) is 18.1. The fourth-order valence-electron chi connectivity index (χ4n) is 4.44. The number of rotatable bonds is 5. The zero-order valence-electron chi connectivity index (χ0n) is 15.2. The standard InChI is InChI=1S/C22H24N2O3/c25-20(26)14-22(12-16-6-4-5-7-17(16)13-22)21(27)23-18-10-11-24(15-18)19-8-2-1-3-9-19/h1-9,18H,10-15H2,(H,23,27)(H,25,26)/t18-/m0/s1. The Bertz CT molecular complexity index is 825. The summed E-state index contributed by atoms with van der Waals surface area (Å²) in [7, 11) is 0. The summed E-state index contributed by atoms with van der Waals surface area (Å²) in [6.45, 7) is 1.65. The molecule has 0 aromatic heterocycles. The van der Waals surface area contributed by atoms with Gasteiger partial charge in [-0.05, 0) is 42.5 Å². The predicted octanol–water partition coefficient (Wildman–Crippen LogP) is 2.64. The van der Waals surface area contributed by atoms with E-state index < -0.39 is 11.4 Å². The van der Waals surface area contributed by atoms with Crippen molar-refractivity contribution in [3.05, 3.63) is 65.7 Å². The third-order valence-corrected chi connectivity index (χ3v) is 5.79. The monoisotopic (exact) mass is 364 g/mol. The number of para-hydroxylation sites is 1. The number of fused-ring (bicyclic) bond motifs is 1. The number of carbonyl (C=O) groups is 2. The van der Waals surface area contributed by atoms with Gasteiger partial charge in [0.25, 0.3) is 0 Å². The Kier molecular flexibility index (Phi) is 4.60. The van der Waals surface area contributed by atoms with Crippen molar-refractivity contribution in [3.8, 4) is 0 Å². The molecular formula is C22H24N2O3. The van der Waals surface area contributed by atoms with Crippen molar-refractivity contribution >= 4 is 17.6 Å². The lowest BCUT2D eigenvalue weighted by atomic mass is 9.80. The van der Waals surface area contributed by atoms with Crippen molar-refractivity contribution in [2.24, 2.45) is 5.41 Å². The Labute approximate surface area is 159 Å². The van der Waals surface area contributed by atoms with E-state index in [0.29, 0.717) is 12.8 Å². The van der Waals surface area contributed by atoms with E-state index >= 15 is 0 Å². The highest BCUT2D eigenvalue weighted by atomic mass is 16.4. The van der Waals surface area contributed by atoms with E-state index in [2.05, 4.69) is 22.3 Å². The molecule has 0 radical (unpaired) electrons. The SMILES string of the molecule is O=C(O)CC1(C(=O)N[C@H]2CCN(c3ccccc3)C2)Cc2ccccc2C1. The fraction of sp³-hybridized carbons (Fsp3) is 0.364. The number of nitrogens with one attached hydrogen (secondary N) is 1. The summed E-state index contributed by atoms with van der Waals surface area (Å²) in [5, 5.41) is 12.6. The van der Waals surface area contributed by atoms with Gasteiger partial charge in [0.05, 0.1) is 11.8 Å². The van der Waals surface area contributed by atoms with Crippen LogP contribution >= 0.6 is 0 Å². The minimum Gasteiger partial charge on any atom is -0.481 e. The van der Waals surface area contributed by atoms with Crippen LogP contribution in [0, 0.1) is 5.41 Å². The molecule has 2 aromatic carbocycles. The Hall–Kier alpha value is -2.82. The Morgan fingerprint density at radius 2 is 1.67 bits per heavy atom. The Balaban J connectivity index is 1.47. The van der Waals surface area contributed by atoms with Crippen molar-refractivity contribution in [1.29, 1.82) is 0 Å². The highest BCUT2D eigenvalue weighted by molar-refractivity contribution is 5.88. The molecule has 0 spiro atoms. The zero-order valence-corrected chi connectivity index (χ0v) is 15.2. The predicted molar refractivity (Wildman–Crippen MR) is 104 cm³/mol. The maximum absolute atomic E-state index is 13.2. The van der Waals surface area contributed by atoms with E-state index in [1.54, 1.807) is 0 Å². The number of carbonyl (C=O) groups excluding carboxylic acids is 1. The number of nitrogens with zero attached hydrogens (tertiary/aromatic N) is 1. The molecule has 2 N–H and O–H groups in total. The number of benzene rings is 2. The van der Waals surface area contributed by atoms with Crippen molar-refractivity contribution < 1.29 is 14.7 Å².